The molecule has 3 aliphatic rings. The summed E-state index contributed by atoms with van der Waals surface area (Å²) in [5.41, 5.74) is 5.07. The first-order valence-corrected chi connectivity index (χ1v) is 12.1. The molecule has 1 heterocycles. The first kappa shape index (κ1) is 29.2. The molecule has 0 spiro atoms. The van der Waals surface area contributed by atoms with Crippen LogP contribution in [0, 0.1) is 5.92 Å². The first-order valence-electron chi connectivity index (χ1n) is 12.1. The van der Waals surface area contributed by atoms with Gasteiger partial charge in [0, 0.05) is 35.3 Å². The average molecular weight is 532 g/mol. The second-order valence-corrected chi connectivity index (χ2v) is 9.66. The average Bonchev–Trinajstić information content (AvgIpc) is 2.87. The maximum Gasteiger partial charge on any atom is 0.202 e. The Morgan fingerprint density at radius 1 is 1.08 bits per heavy atom. The number of aliphatic hydroxyl groups is 2. The summed E-state index contributed by atoms with van der Waals surface area (Å²) in [5, 5.41) is 41.3. The van der Waals surface area contributed by atoms with E-state index in [1.165, 1.54) is 26.2 Å². The number of ketones is 3. The van der Waals surface area contributed by atoms with Crippen LogP contribution in [-0.4, -0.2) is 75.2 Å². The Morgan fingerprint density at radius 3 is 2.32 bits per heavy atom. The van der Waals surface area contributed by atoms with Gasteiger partial charge in [-0.25, -0.2) is 0 Å². The molecule has 8 N–H and O–H groups in total. The number of hydrogen-bond acceptors (Lipinski definition) is 10. The van der Waals surface area contributed by atoms with Gasteiger partial charge in [-0.1, -0.05) is 12.1 Å². The number of methoxy groups -OCH3 is 1. The minimum atomic E-state index is -1.24. The summed E-state index contributed by atoms with van der Waals surface area (Å²) in [7, 11) is 1.36. The first-order chi connectivity index (χ1) is 17.5. The lowest BCUT2D eigenvalue weighted by atomic mass is 9.74. The second kappa shape index (κ2) is 11.2. The molecule has 2 aliphatic carbocycles. The van der Waals surface area contributed by atoms with Crippen molar-refractivity contribution in [3.05, 3.63) is 51.6 Å². The van der Waals surface area contributed by atoms with Gasteiger partial charge in [0.05, 0.1) is 42.1 Å². The van der Waals surface area contributed by atoms with E-state index in [4.69, 9.17) is 15.2 Å². The van der Waals surface area contributed by atoms with Crippen molar-refractivity contribution in [1.29, 1.82) is 0 Å². The molecule has 0 amide bonds. The molecule has 0 radical (unpaired) electrons. The number of rotatable bonds is 2. The smallest absolute Gasteiger partial charge is 0.202 e. The van der Waals surface area contributed by atoms with Crippen LogP contribution < -0.4 is 10.5 Å². The van der Waals surface area contributed by atoms with Gasteiger partial charge < -0.3 is 41.1 Å². The van der Waals surface area contributed by atoms with Crippen molar-refractivity contribution in [2.45, 2.75) is 57.5 Å². The molecule has 206 valence electrons. The van der Waals surface area contributed by atoms with Gasteiger partial charge in [0.25, 0.3) is 0 Å². The van der Waals surface area contributed by atoms with Crippen LogP contribution in [0.2, 0.25) is 0 Å². The molecular formula is C27H33NO10. The third-order valence-electron chi connectivity index (χ3n) is 7.38. The molecule has 1 fully saturated rings. The number of benzene rings is 2. The number of hydrogen-bond donors (Lipinski definition) is 5. The summed E-state index contributed by atoms with van der Waals surface area (Å²) in [5.74, 6) is -2.84. The number of phenols is 2. The summed E-state index contributed by atoms with van der Waals surface area (Å²) in [6.45, 7) is 3.90. The van der Waals surface area contributed by atoms with Gasteiger partial charge in [-0.05, 0) is 39.2 Å². The quantitative estimate of drug-likeness (QED) is 0.293. The highest BCUT2D eigenvalue weighted by atomic mass is 16.5. The molecule has 5 rings (SSSR count). The molecule has 38 heavy (non-hydrogen) atoms. The lowest BCUT2D eigenvalue weighted by molar-refractivity contribution is -0.122. The number of fused-ring (bicyclic) bond motifs is 3. The summed E-state index contributed by atoms with van der Waals surface area (Å²) in [6.07, 6.45) is -0.897. The number of aliphatic hydroxyl groups excluding tert-OH is 2. The van der Waals surface area contributed by atoms with Gasteiger partial charge in [0.2, 0.25) is 5.78 Å². The van der Waals surface area contributed by atoms with Gasteiger partial charge in [-0.3, -0.25) is 14.4 Å². The predicted octanol–water partition coefficient (Wildman–Crippen LogP) is 0.725. The van der Waals surface area contributed by atoms with Crippen LogP contribution in [0.5, 0.6) is 17.2 Å². The Hall–Kier alpha value is -3.35. The van der Waals surface area contributed by atoms with Gasteiger partial charge in [-0.2, -0.15) is 0 Å². The molecule has 1 saturated heterocycles. The van der Waals surface area contributed by atoms with Crippen LogP contribution in [0.15, 0.2) is 18.2 Å². The third kappa shape index (κ3) is 4.79. The molecule has 11 nitrogen and oxygen atoms in total. The van der Waals surface area contributed by atoms with E-state index in [0.717, 1.165) is 6.42 Å². The minimum absolute atomic E-state index is 0. The molecule has 5 atom stereocenters. The van der Waals surface area contributed by atoms with Crippen LogP contribution in [0.25, 0.3) is 0 Å². The fraction of sp³-hybridized carbons (Fsp3) is 0.444. The van der Waals surface area contributed by atoms with E-state index in [0.29, 0.717) is 6.61 Å². The monoisotopic (exact) mass is 531 g/mol. The normalized spacial score (nSPS) is 25.6. The standard InChI is InChI=1S/C21H18O7.C6H13NO2.H2O/c1-8(22)9-6-11-14(12(23)7-9)20(26)17-16(19(11)25)18(24)10-4-3-5-13(28-2)15(10)21(17)27;1-4-6(8)5(7)2-3-9-4;/h3-5,9,12,23,25-26H,6-7H2,1-2H3;4-6,8H,2-3,7H2,1H3;1H2/t;4-,5-,6+;/m.0./s1. The van der Waals surface area contributed by atoms with E-state index in [1.807, 2.05) is 6.92 Å². The van der Waals surface area contributed by atoms with Crippen molar-refractivity contribution < 1.29 is 49.8 Å². The highest BCUT2D eigenvalue weighted by Crippen LogP contribution is 2.50. The number of aromatic hydroxyl groups is 2. The molecule has 0 bridgehead atoms. The van der Waals surface area contributed by atoms with Gasteiger partial charge in [-0.15, -0.1) is 0 Å². The lowest BCUT2D eigenvalue weighted by Gasteiger charge is -2.31. The SMILES string of the molecule is COc1cccc2c1C(=O)c1c(O)c3c(c(O)c1C2=O)CC(C(C)=O)CC3O.C[C@@H]1OCC[C@H](N)[C@@H]1O.O. The van der Waals surface area contributed by atoms with Gasteiger partial charge in [0.15, 0.2) is 5.78 Å². The summed E-state index contributed by atoms with van der Waals surface area (Å²) in [6, 6.07) is 4.44. The van der Waals surface area contributed by atoms with Crippen molar-refractivity contribution in [1.82, 2.24) is 0 Å². The number of phenolic OH excluding ortho intramolecular Hbond substituents is 2. The molecule has 2 aromatic rings. The third-order valence-corrected chi connectivity index (χ3v) is 7.38. The van der Waals surface area contributed by atoms with Crippen molar-refractivity contribution in [3.63, 3.8) is 0 Å². The maximum absolute atomic E-state index is 13.1. The number of carbonyl (C=O) groups is 3. The molecule has 0 aromatic heterocycles. The fourth-order valence-corrected chi connectivity index (χ4v) is 5.22. The minimum Gasteiger partial charge on any atom is -0.507 e. The van der Waals surface area contributed by atoms with E-state index >= 15 is 0 Å². The molecule has 2 unspecified atom stereocenters. The van der Waals surface area contributed by atoms with Crippen LogP contribution >= 0.6 is 0 Å². The van der Waals surface area contributed by atoms with Crippen LogP contribution in [0.3, 0.4) is 0 Å². The van der Waals surface area contributed by atoms with Crippen molar-refractivity contribution in [2.75, 3.05) is 13.7 Å². The second-order valence-electron chi connectivity index (χ2n) is 9.66. The molecular weight excluding hydrogens is 498 g/mol. The van der Waals surface area contributed by atoms with Crippen LogP contribution in [-0.2, 0) is 16.0 Å². The number of carbonyl (C=O) groups excluding carboxylic acids is 3. The number of nitrogens with two attached hydrogens (primary N) is 1. The van der Waals surface area contributed by atoms with Crippen molar-refractivity contribution >= 4 is 17.3 Å². The summed E-state index contributed by atoms with van der Waals surface area (Å²) >= 11 is 0. The predicted molar refractivity (Wildman–Crippen MR) is 135 cm³/mol. The highest BCUT2D eigenvalue weighted by molar-refractivity contribution is 6.31. The zero-order valence-electron chi connectivity index (χ0n) is 21.4. The van der Waals surface area contributed by atoms with Crippen molar-refractivity contribution in [3.8, 4) is 17.2 Å². The van der Waals surface area contributed by atoms with Crippen LogP contribution in [0.1, 0.15) is 75.8 Å². The maximum atomic E-state index is 13.1. The molecule has 1 aliphatic heterocycles. The number of Topliss-reactive ketones (excluding diaryl/α,β-unsaturated/α-hetero) is 1. The van der Waals surface area contributed by atoms with Gasteiger partial charge in [0.1, 0.15) is 23.0 Å². The van der Waals surface area contributed by atoms with E-state index in [2.05, 4.69) is 0 Å². The lowest BCUT2D eigenvalue weighted by Crippen LogP contribution is -2.47. The largest absolute Gasteiger partial charge is 0.507 e. The topological polar surface area (TPSA) is 208 Å². The summed E-state index contributed by atoms with van der Waals surface area (Å²) < 4.78 is 10.3. The molecule has 2 aromatic carbocycles. The molecule has 0 saturated carbocycles. The molecule has 11 heteroatoms. The van der Waals surface area contributed by atoms with E-state index in [-0.39, 0.29) is 75.4 Å². The summed E-state index contributed by atoms with van der Waals surface area (Å²) in [4.78, 5) is 38.0. The number of ether oxygens (including phenoxy) is 2. The zero-order valence-corrected chi connectivity index (χ0v) is 21.4. The fourth-order valence-electron chi connectivity index (χ4n) is 5.22. The van der Waals surface area contributed by atoms with E-state index < -0.39 is 41.2 Å². The van der Waals surface area contributed by atoms with Gasteiger partial charge >= 0.3 is 0 Å². The Bertz CT molecular complexity index is 1260. The Balaban J connectivity index is 0.000000341. The zero-order chi connectivity index (χ0) is 27.2. The highest BCUT2D eigenvalue weighted by Gasteiger charge is 2.42. The Morgan fingerprint density at radius 2 is 1.74 bits per heavy atom. The Kier molecular flexibility index (Phi) is 8.59. The van der Waals surface area contributed by atoms with Crippen molar-refractivity contribution in [2.24, 2.45) is 11.7 Å². The Labute approximate surface area is 219 Å². The van der Waals surface area contributed by atoms with Crippen LogP contribution in [0.4, 0.5) is 0 Å². The van der Waals surface area contributed by atoms with E-state index in [9.17, 15) is 34.8 Å². The van der Waals surface area contributed by atoms with E-state index in [1.54, 1.807) is 6.07 Å².